The van der Waals surface area contributed by atoms with Gasteiger partial charge in [0.15, 0.2) is 5.76 Å². The molecule has 1 heterocycles. The number of methoxy groups -OCH3 is 1. The second kappa shape index (κ2) is 6.88. The highest BCUT2D eigenvalue weighted by molar-refractivity contribution is 9.10. The lowest BCUT2D eigenvalue weighted by atomic mass is 10.1. The molecule has 1 aromatic carbocycles. The van der Waals surface area contributed by atoms with Gasteiger partial charge in [0.1, 0.15) is 24.7 Å². The van der Waals surface area contributed by atoms with Crippen LogP contribution in [0.3, 0.4) is 0 Å². The smallest absolute Gasteiger partial charge is 0.162 e. The highest BCUT2D eigenvalue weighted by atomic mass is 79.9. The van der Waals surface area contributed by atoms with E-state index in [9.17, 15) is 0 Å². The van der Waals surface area contributed by atoms with Crippen LogP contribution >= 0.6 is 15.9 Å². The Morgan fingerprint density at radius 3 is 2.85 bits per heavy atom. The van der Waals surface area contributed by atoms with Crippen LogP contribution in [0.2, 0.25) is 0 Å². The van der Waals surface area contributed by atoms with E-state index in [4.69, 9.17) is 19.7 Å². The summed E-state index contributed by atoms with van der Waals surface area (Å²) in [6, 6.07) is 7.47. The summed E-state index contributed by atoms with van der Waals surface area (Å²) in [6.45, 7) is 2.65. The van der Waals surface area contributed by atoms with Gasteiger partial charge in [0.25, 0.3) is 0 Å². The van der Waals surface area contributed by atoms with Crippen LogP contribution in [0.5, 0.6) is 5.75 Å². The predicted molar refractivity (Wildman–Crippen MR) is 78.3 cm³/mol. The van der Waals surface area contributed by atoms with Gasteiger partial charge >= 0.3 is 0 Å². The largest absolute Gasteiger partial charge is 0.487 e. The maximum atomic E-state index is 5.94. The molecule has 6 heteroatoms. The van der Waals surface area contributed by atoms with E-state index < -0.39 is 0 Å². The quantitative estimate of drug-likeness (QED) is 0.874. The molecule has 0 saturated heterocycles. The lowest BCUT2D eigenvalue weighted by Crippen LogP contribution is -2.08. The molecule has 0 amide bonds. The summed E-state index contributed by atoms with van der Waals surface area (Å²) >= 11 is 3.43. The van der Waals surface area contributed by atoms with Gasteiger partial charge in [0.2, 0.25) is 0 Å². The number of nitrogens with zero attached hydrogens (tertiary/aromatic N) is 1. The first-order chi connectivity index (χ1) is 9.60. The van der Waals surface area contributed by atoms with Gasteiger partial charge in [0.05, 0.1) is 0 Å². The van der Waals surface area contributed by atoms with Crippen molar-refractivity contribution in [1.82, 2.24) is 5.16 Å². The number of hydrogen-bond donors (Lipinski definition) is 1. The van der Waals surface area contributed by atoms with Crippen LogP contribution in [0.4, 0.5) is 0 Å². The van der Waals surface area contributed by atoms with Crippen LogP contribution in [0.15, 0.2) is 33.3 Å². The van der Waals surface area contributed by atoms with Crippen LogP contribution in [0.1, 0.15) is 30.0 Å². The minimum Gasteiger partial charge on any atom is -0.487 e. The Hall–Kier alpha value is -1.37. The first kappa shape index (κ1) is 15.0. The van der Waals surface area contributed by atoms with Crippen LogP contribution in [0, 0.1) is 0 Å². The lowest BCUT2D eigenvalue weighted by Gasteiger charge is -2.13. The van der Waals surface area contributed by atoms with E-state index in [1.807, 2.05) is 31.2 Å². The molecular weight excluding hydrogens is 324 g/mol. The second-order valence-corrected chi connectivity index (χ2v) is 5.39. The SMILES string of the molecule is COCc1cc(COc2ccc(Br)cc2[C@@H](C)N)no1. The summed E-state index contributed by atoms with van der Waals surface area (Å²) in [5, 5.41) is 3.92. The van der Waals surface area contributed by atoms with Gasteiger partial charge in [-0.15, -0.1) is 0 Å². The summed E-state index contributed by atoms with van der Waals surface area (Å²) in [6.07, 6.45) is 0. The van der Waals surface area contributed by atoms with E-state index in [1.165, 1.54) is 0 Å². The molecule has 0 aliphatic rings. The average molecular weight is 341 g/mol. The fraction of sp³-hybridized carbons (Fsp3) is 0.357. The molecule has 0 spiro atoms. The van der Waals surface area contributed by atoms with Crippen molar-refractivity contribution in [2.45, 2.75) is 26.2 Å². The topological polar surface area (TPSA) is 70.5 Å². The number of aromatic nitrogens is 1. The zero-order valence-electron chi connectivity index (χ0n) is 11.4. The molecule has 108 valence electrons. The van der Waals surface area contributed by atoms with Crippen molar-refractivity contribution in [1.29, 1.82) is 0 Å². The van der Waals surface area contributed by atoms with E-state index in [1.54, 1.807) is 7.11 Å². The Bertz CT molecular complexity index is 569. The van der Waals surface area contributed by atoms with Gasteiger partial charge in [-0.3, -0.25) is 0 Å². The number of rotatable bonds is 6. The van der Waals surface area contributed by atoms with Gasteiger partial charge in [-0.2, -0.15) is 0 Å². The summed E-state index contributed by atoms with van der Waals surface area (Å²) in [5.41, 5.74) is 7.61. The molecule has 0 aliphatic heterocycles. The Balaban J connectivity index is 2.06. The van der Waals surface area contributed by atoms with Gasteiger partial charge in [0, 0.05) is 29.3 Å². The van der Waals surface area contributed by atoms with Crippen LogP contribution in [-0.4, -0.2) is 12.3 Å². The van der Waals surface area contributed by atoms with Crippen LogP contribution in [-0.2, 0) is 18.0 Å². The Morgan fingerprint density at radius 2 is 2.15 bits per heavy atom. The standard InChI is InChI=1S/C14H17BrN2O3/c1-9(16)13-5-10(15)3-4-14(13)19-7-11-6-12(8-18-2)20-17-11/h3-6,9H,7-8,16H2,1-2H3/t9-/m1/s1. The van der Waals surface area contributed by atoms with Crippen molar-refractivity contribution >= 4 is 15.9 Å². The molecule has 0 saturated carbocycles. The van der Waals surface area contributed by atoms with Crippen LogP contribution in [0.25, 0.3) is 0 Å². The number of hydrogen-bond acceptors (Lipinski definition) is 5. The van der Waals surface area contributed by atoms with Crippen molar-refractivity contribution < 1.29 is 14.0 Å². The summed E-state index contributed by atoms with van der Waals surface area (Å²) in [4.78, 5) is 0. The van der Waals surface area contributed by atoms with Crippen LogP contribution < -0.4 is 10.5 Å². The van der Waals surface area contributed by atoms with Crippen molar-refractivity contribution in [3.8, 4) is 5.75 Å². The molecule has 1 atom stereocenters. The molecule has 0 unspecified atom stereocenters. The average Bonchev–Trinajstić information content (AvgIpc) is 2.85. The minimum absolute atomic E-state index is 0.108. The predicted octanol–water partition coefficient (Wildman–Crippen LogP) is 3.18. The monoisotopic (exact) mass is 340 g/mol. The summed E-state index contributed by atoms with van der Waals surface area (Å²) < 4.78 is 16.8. The number of nitrogens with two attached hydrogens (primary N) is 1. The van der Waals surface area contributed by atoms with Crippen molar-refractivity contribution in [2.75, 3.05) is 7.11 Å². The fourth-order valence-corrected chi connectivity index (χ4v) is 2.17. The maximum Gasteiger partial charge on any atom is 0.162 e. The minimum atomic E-state index is -0.108. The molecule has 2 aromatic rings. The highest BCUT2D eigenvalue weighted by Crippen LogP contribution is 2.28. The third-order valence-corrected chi connectivity index (χ3v) is 3.23. The Morgan fingerprint density at radius 1 is 1.35 bits per heavy atom. The highest BCUT2D eigenvalue weighted by Gasteiger charge is 2.10. The number of benzene rings is 1. The Kier molecular flexibility index (Phi) is 5.17. The Labute approximate surface area is 126 Å². The third kappa shape index (κ3) is 3.82. The molecule has 5 nitrogen and oxygen atoms in total. The first-order valence-corrected chi connectivity index (χ1v) is 7.00. The van der Waals surface area contributed by atoms with Gasteiger partial charge < -0.3 is 19.7 Å². The molecule has 20 heavy (non-hydrogen) atoms. The first-order valence-electron chi connectivity index (χ1n) is 6.21. The molecule has 2 rings (SSSR count). The van der Waals surface area contributed by atoms with E-state index in [0.29, 0.717) is 19.0 Å². The van der Waals surface area contributed by atoms with Crippen molar-refractivity contribution in [3.63, 3.8) is 0 Å². The molecule has 0 bridgehead atoms. The van der Waals surface area contributed by atoms with E-state index in [0.717, 1.165) is 21.5 Å². The normalized spacial score (nSPS) is 12.4. The number of halogens is 1. The summed E-state index contributed by atoms with van der Waals surface area (Å²) in [5.74, 6) is 1.42. The molecular formula is C14H17BrN2O3. The molecule has 1 aromatic heterocycles. The zero-order chi connectivity index (χ0) is 14.5. The van der Waals surface area contributed by atoms with E-state index in [2.05, 4.69) is 21.1 Å². The fourth-order valence-electron chi connectivity index (χ4n) is 1.79. The van der Waals surface area contributed by atoms with Gasteiger partial charge in [-0.05, 0) is 25.1 Å². The lowest BCUT2D eigenvalue weighted by molar-refractivity contribution is 0.155. The van der Waals surface area contributed by atoms with Gasteiger partial charge in [-0.1, -0.05) is 21.1 Å². The third-order valence-electron chi connectivity index (χ3n) is 2.73. The zero-order valence-corrected chi connectivity index (χ0v) is 13.0. The van der Waals surface area contributed by atoms with E-state index >= 15 is 0 Å². The van der Waals surface area contributed by atoms with Crippen molar-refractivity contribution in [3.05, 3.63) is 45.8 Å². The molecule has 2 N–H and O–H groups in total. The van der Waals surface area contributed by atoms with Gasteiger partial charge in [-0.25, -0.2) is 0 Å². The summed E-state index contributed by atoms with van der Waals surface area (Å²) in [7, 11) is 1.61. The van der Waals surface area contributed by atoms with Crippen molar-refractivity contribution in [2.24, 2.45) is 5.73 Å². The second-order valence-electron chi connectivity index (χ2n) is 4.48. The maximum absolute atomic E-state index is 5.94. The van der Waals surface area contributed by atoms with E-state index in [-0.39, 0.29) is 6.04 Å². The molecule has 0 radical (unpaired) electrons. The number of ether oxygens (including phenoxy) is 2. The molecule has 0 aliphatic carbocycles. The molecule has 0 fully saturated rings.